The standard InChI is InChI=1S/C17H22ClN5O2S.HI/c1-2-20-17(22-12-14-6-3-4-8-16(14)18)21-10-11-23-26(24,25)15-7-5-9-19-13-15;/h3-9,13,23H,2,10-12H2,1H3,(H2,20,21,22);1H. The molecular formula is C17H23ClIN5O2S. The number of nitrogens with one attached hydrogen (secondary N) is 3. The summed E-state index contributed by atoms with van der Waals surface area (Å²) in [6.07, 6.45) is 2.84. The molecule has 2 aromatic rings. The fourth-order valence-corrected chi connectivity index (χ4v) is 3.28. The Bertz CT molecular complexity index is 834. The van der Waals surface area contributed by atoms with Gasteiger partial charge in [0, 0.05) is 37.1 Å². The van der Waals surface area contributed by atoms with E-state index in [0.717, 1.165) is 5.56 Å². The Kier molecular flexibility index (Phi) is 10.6. The lowest BCUT2D eigenvalue weighted by Gasteiger charge is -2.12. The Morgan fingerprint density at radius 1 is 1.15 bits per heavy atom. The van der Waals surface area contributed by atoms with E-state index in [-0.39, 0.29) is 35.4 Å². The predicted molar refractivity (Wildman–Crippen MR) is 119 cm³/mol. The molecule has 0 aliphatic rings. The van der Waals surface area contributed by atoms with Gasteiger partial charge < -0.3 is 10.6 Å². The number of rotatable bonds is 8. The summed E-state index contributed by atoms with van der Waals surface area (Å²) in [7, 11) is -3.56. The van der Waals surface area contributed by atoms with Crippen molar-refractivity contribution >= 4 is 51.6 Å². The predicted octanol–water partition coefficient (Wildman–Crippen LogP) is 2.39. The molecule has 10 heteroatoms. The number of halogens is 2. The summed E-state index contributed by atoms with van der Waals surface area (Å²) in [6.45, 7) is 3.67. The number of aromatic nitrogens is 1. The average molecular weight is 524 g/mol. The van der Waals surface area contributed by atoms with E-state index in [1.54, 1.807) is 6.07 Å². The molecule has 0 atom stereocenters. The van der Waals surface area contributed by atoms with Crippen LogP contribution in [0, 0.1) is 0 Å². The van der Waals surface area contributed by atoms with Crippen molar-refractivity contribution in [1.29, 1.82) is 0 Å². The van der Waals surface area contributed by atoms with Crippen LogP contribution >= 0.6 is 35.6 Å². The second-order valence-corrected chi connectivity index (χ2v) is 7.47. The molecule has 1 aromatic carbocycles. The van der Waals surface area contributed by atoms with Crippen LogP contribution in [0.15, 0.2) is 58.7 Å². The summed E-state index contributed by atoms with van der Waals surface area (Å²) < 4.78 is 26.7. The van der Waals surface area contributed by atoms with Gasteiger partial charge in [-0.3, -0.25) is 4.98 Å². The van der Waals surface area contributed by atoms with E-state index >= 15 is 0 Å². The molecule has 0 radical (unpaired) electrons. The van der Waals surface area contributed by atoms with Crippen molar-refractivity contribution in [2.24, 2.45) is 4.99 Å². The summed E-state index contributed by atoms with van der Waals surface area (Å²) in [5.74, 6) is 0.591. The van der Waals surface area contributed by atoms with Gasteiger partial charge in [0.25, 0.3) is 0 Å². The van der Waals surface area contributed by atoms with Crippen molar-refractivity contribution in [2.75, 3.05) is 19.6 Å². The number of hydrogen-bond donors (Lipinski definition) is 3. The Balaban J connectivity index is 0.00000364. The smallest absolute Gasteiger partial charge is 0.242 e. The van der Waals surface area contributed by atoms with Gasteiger partial charge in [-0.05, 0) is 30.7 Å². The van der Waals surface area contributed by atoms with Gasteiger partial charge in [0.1, 0.15) is 4.90 Å². The van der Waals surface area contributed by atoms with Crippen LogP contribution in [0.2, 0.25) is 5.02 Å². The number of guanidine groups is 1. The molecule has 0 saturated heterocycles. The first-order chi connectivity index (χ1) is 12.5. The Hall–Kier alpha value is -1.43. The van der Waals surface area contributed by atoms with Crippen LogP contribution in [0.5, 0.6) is 0 Å². The van der Waals surface area contributed by atoms with Gasteiger partial charge in [-0.2, -0.15) is 0 Å². The van der Waals surface area contributed by atoms with Crippen LogP contribution in [0.3, 0.4) is 0 Å². The minimum atomic E-state index is -3.56. The van der Waals surface area contributed by atoms with Gasteiger partial charge in [0.05, 0.1) is 6.54 Å². The normalized spacial score (nSPS) is 11.6. The monoisotopic (exact) mass is 523 g/mol. The minimum Gasteiger partial charge on any atom is -0.357 e. The van der Waals surface area contributed by atoms with E-state index in [4.69, 9.17) is 11.6 Å². The lowest BCUT2D eigenvalue weighted by molar-refractivity contribution is 0.580. The third-order valence-corrected chi connectivity index (χ3v) is 5.18. The van der Waals surface area contributed by atoms with Gasteiger partial charge in [-0.1, -0.05) is 29.8 Å². The number of hydrogen-bond acceptors (Lipinski definition) is 4. The Morgan fingerprint density at radius 2 is 1.93 bits per heavy atom. The third kappa shape index (κ3) is 7.99. The van der Waals surface area contributed by atoms with Crippen molar-refractivity contribution in [3.8, 4) is 0 Å². The topological polar surface area (TPSA) is 95.5 Å². The summed E-state index contributed by atoms with van der Waals surface area (Å²) in [6, 6.07) is 10.6. The van der Waals surface area contributed by atoms with Gasteiger partial charge in [0.15, 0.2) is 5.96 Å². The highest BCUT2D eigenvalue weighted by Crippen LogP contribution is 2.15. The van der Waals surface area contributed by atoms with Crippen LogP contribution in [-0.2, 0) is 16.6 Å². The van der Waals surface area contributed by atoms with Crippen molar-refractivity contribution in [3.63, 3.8) is 0 Å². The van der Waals surface area contributed by atoms with E-state index in [2.05, 4.69) is 25.3 Å². The SMILES string of the molecule is CCNC(=NCc1ccccc1Cl)NCCNS(=O)(=O)c1cccnc1.I. The molecule has 0 aliphatic heterocycles. The van der Waals surface area contributed by atoms with Crippen molar-refractivity contribution in [3.05, 3.63) is 59.4 Å². The van der Waals surface area contributed by atoms with Crippen molar-refractivity contribution in [2.45, 2.75) is 18.4 Å². The molecule has 0 aliphatic carbocycles. The van der Waals surface area contributed by atoms with Gasteiger partial charge in [0.2, 0.25) is 10.0 Å². The van der Waals surface area contributed by atoms with Crippen LogP contribution in [0.25, 0.3) is 0 Å². The van der Waals surface area contributed by atoms with Crippen molar-refractivity contribution < 1.29 is 8.42 Å². The fraction of sp³-hybridized carbons (Fsp3) is 0.294. The first kappa shape index (κ1) is 23.6. The molecule has 148 valence electrons. The van der Waals surface area contributed by atoms with E-state index < -0.39 is 10.0 Å². The Morgan fingerprint density at radius 3 is 2.59 bits per heavy atom. The molecule has 0 amide bonds. The van der Waals surface area contributed by atoms with E-state index in [0.29, 0.717) is 30.6 Å². The lowest BCUT2D eigenvalue weighted by atomic mass is 10.2. The molecule has 2 rings (SSSR count). The summed E-state index contributed by atoms with van der Waals surface area (Å²) in [5.41, 5.74) is 0.920. The highest BCUT2D eigenvalue weighted by atomic mass is 127. The summed E-state index contributed by atoms with van der Waals surface area (Å²) in [5, 5.41) is 6.86. The minimum absolute atomic E-state index is 0. The molecule has 3 N–H and O–H groups in total. The molecule has 27 heavy (non-hydrogen) atoms. The zero-order valence-corrected chi connectivity index (χ0v) is 18.8. The van der Waals surface area contributed by atoms with Gasteiger partial charge >= 0.3 is 0 Å². The molecule has 0 fully saturated rings. The van der Waals surface area contributed by atoms with Gasteiger partial charge in [-0.25, -0.2) is 18.1 Å². The maximum absolute atomic E-state index is 12.1. The molecule has 1 aromatic heterocycles. The van der Waals surface area contributed by atoms with Crippen molar-refractivity contribution in [1.82, 2.24) is 20.3 Å². The zero-order chi connectivity index (χ0) is 18.8. The van der Waals surface area contributed by atoms with Crippen LogP contribution < -0.4 is 15.4 Å². The quantitative estimate of drug-likeness (QED) is 0.214. The first-order valence-electron chi connectivity index (χ1n) is 8.18. The maximum atomic E-state index is 12.1. The molecule has 0 unspecified atom stereocenters. The van der Waals surface area contributed by atoms with Gasteiger partial charge in [-0.15, -0.1) is 24.0 Å². The van der Waals surface area contributed by atoms with E-state index in [1.807, 2.05) is 31.2 Å². The number of nitrogens with zero attached hydrogens (tertiary/aromatic N) is 2. The first-order valence-corrected chi connectivity index (χ1v) is 10.0. The number of benzene rings is 1. The van der Waals surface area contributed by atoms with Crippen LogP contribution in [-0.4, -0.2) is 39.0 Å². The lowest BCUT2D eigenvalue weighted by Crippen LogP contribution is -2.41. The van der Waals surface area contributed by atoms with E-state index in [9.17, 15) is 8.42 Å². The highest BCUT2D eigenvalue weighted by molar-refractivity contribution is 14.0. The molecule has 0 saturated carbocycles. The summed E-state index contributed by atoms with van der Waals surface area (Å²) in [4.78, 5) is 8.41. The van der Waals surface area contributed by atoms with Crippen LogP contribution in [0.4, 0.5) is 0 Å². The number of pyridine rings is 1. The molecule has 1 heterocycles. The third-order valence-electron chi connectivity index (χ3n) is 3.36. The number of aliphatic imine (C=N–C) groups is 1. The second kappa shape index (κ2) is 12.1. The zero-order valence-electron chi connectivity index (χ0n) is 14.9. The molecule has 7 nitrogen and oxygen atoms in total. The fourth-order valence-electron chi connectivity index (χ4n) is 2.09. The van der Waals surface area contributed by atoms with E-state index in [1.165, 1.54) is 18.5 Å². The molecular weight excluding hydrogens is 501 g/mol. The van der Waals surface area contributed by atoms with Crippen LogP contribution in [0.1, 0.15) is 12.5 Å². The maximum Gasteiger partial charge on any atom is 0.242 e. The second-order valence-electron chi connectivity index (χ2n) is 5.30. The average Bonchev–Trinajstić information content (AvgIpc) is 2.65. The Labute approximate surface area is 182 Å². The molecule has 0 bridgehead atoms. The largest absolute Gasteiger partial charge is 0.357 e. The molecule has 0 spiro atoms. The number of sulfonamides is 1. The summed E-state index contributed by atoms with van der Waals surface area (Å²) >= 11 is 6.13. The highest BCUT2D eigenvalue weighted by Gasteiger charge is 2.12.